The number of rotatable bonds is 16. The highest BCUT2D eigenvalue weighted by molar-refractivity contribution is 6.02. The van der Waals surface area contributed by atoms with Crippen LogP contribution in [0.15, 0.2) is 34.6 Å². The highest BCUT2D eigenvalue weighted by Gasteiger charge is 2.39. The number of carbonyl (C=O) groups excluding carboxylic acids is 1. The summed E-state index contributed by atoms with van der Waals surface area (Å²) in [5, 5.41) is 4.21. The quantitative estimate of drug-likeness (QED) is 0.124. The van der Waals surface area contributed by atoms with Crippen molar-refractivity contribution in [3.8, 4) is 0 Å². The van der Waals surface area contributed by atoms with Gasteiger partial charge in [-0.3, -0.25) is 4.79 Å². The second kappa shape index (κ2) is 16.0. The molecule has 0 amide bonds. The Kier molecular flexibility index (Phi) is 14.2. The Morgan fingerprint density at radius 1 is 1.05 bits per heavy atom. The molecule has 0 aliphatic heterocycles. The van der Waals surface area contributed by atoms with Gasteiger partial charge in [0.05, 0.1) is 11.8 Å². The summed E-state index contributed by atoms with van der Waals surface area (Å²) in [5.74, 6) is 2.18. The summed E-state index contributed by atoms with van der Waals surface area (Å²) in [5.41, 5.74) is 3.13. The van der Waals surface area contributed by atoms with E-state index in [1.54, 1.807) is 0 Å². The molecule has 0 fully saturated rings. The van der Waals surface area contributed by atoms with Gasteiger partial charge in [0.25, 0.3) is 0 Å². The van der Waals surface area contributed by atoms with E-state index in [-0.39, 0.29) is 16.7 Å². The number of carbonyl (C=O) groups is 1. The predicted octanol–water partition coefficient (Wildman–Crippen LogP) is 11.4. The third kappa shape index (κ3) is 7.24. The summed E-state index contributed by atoms with van der Waals surface area (Å²) < 4.78 is 6.01. The van der Waals surface area contributed by atoms with Gasteiger partial charge in [-0.15, -0.1) is 11.5 Å². The normalized spacial score (nSPS) is 15.5. The summed E-state index contributed by atoms with van der Waals surface area (Å²) in [4.78, 5) is 23.8. The first kappa shape index (κ1) is 33.8. The largest absolute Gasteiger partial charge is 0.463 e. The van der Waals surface area contributed by atoms with Crippen molar-refractivity contribution < 1.29 is 9.21 Å². The van der Waals surface area contributed by atoms with Crippen LogP contribution < -0.4 is 0 Å². The van der Waals surface area contributed by atoms with E-state index in [2.05, 4.69) is 79.3 Å². The molecule has 0 radical (unpaired) electrons. The molecule has 0 saturated carbocycles. The summed E-state index contributed by atoms with van der Waals surface area (Å²) in [7, 11) is 0. The lowest BCUT2D eigenvalue weighted by Crippen LogP contribution is -2.35. The fraction of sp³-hybridized carbons (Fsp3) is 0.676. The van der Waals surface area contributed by atoms with Crippen LogP contribution in [0.1, 0.15) is 135 Å². The molecule has 4 nitrogen and oxygen atoms in total. The number of hydrogen-bond donors (Lipinski definition) is 0. The van der Waals surface area contributed by atoms with Crippen LogP contribution in [0.3, 0.4) is 0 Å². The summed E-state index contributed by atoms with van der Waals surface area (Å²) >= 11 is 0. The van der Waals surface area contributed by atoms with Crippen LogP contribution in [0.2, 0.25) is 0 Å². The van der Waals surface area contributed by atoms with Crippen LogP contribution in [0.5, 0.6) is 0 Å². The predicted molar refractivity (Wildman–Crippen MR) is 165 cm³/mol. The number of hydrogen-bond acceptors (Lipinski definition) is 4. The smallest absolute Gasteiger partial charge is 0.156 e. The van der Waals surface area contributed by atoms with Crippen LogP contribution >= 0.6 is 0 Å². The maximum absolute atomic E-state index is 12.1. The van der Waals surface area contributed by atoms with Crippen molar-refractivity contribution in [1.82, 2.24) is 0 Å². The molecule has 2 rings (SSSR count). The first-order valence-electron chi connectivity index (χ1n) is 15.1. The molecule has 0 spiro atoms. The first-order chi connectivity index (χ1) is 18.1. The zero-order valence-electron chi connectivity index (χ0n) is 26.0. The van der Waals surface area contributed by atoms with Gasteiger partial charge in [-0.1, -0.05) is 88.2 Å². The van der Waals surface area contributed by atoms with Crippen molar-refractivity contribution >= 4 is 22.9 Å². The number of nitroso groups, excluding NO2 is 1. The molecule has 0 bridgehead atoms. The van der Waals surface area contributed by atoms with E-state index < -0.39 is 0 Å². The van der Waals surface area contributed by atoms with E-state index in [0.717, 1.165) is 54.9 Å². The second-order valence-corrected chi connectivity index (χ2v) is 11.6. The van der Waals surface area contributed by atoms with Crippen LogP contribution in [-0.2, 0) is 6.42 Å². The number of allylic oxidation sites excluding steroid dienone is 1. The Hall–Kier alpha value is -2.23. The molecule has 4 heteroatoms. The second-order valence-electron chi connectivity index (χ2n) is 11.6. The molecule has 0 aliphatic rings. The van der Waals surface area contributed by atoms with Gasteiger partial charge in [0, 0.05) is 10.9 Å². The van der Waals surface area contributed by atoms with Crippen LogP contribution in [0.25, 0.3) is 11.0 Å². The van der Waals surface area contributed by atoms with E-state index in [1.807, 2.05) is 20.1 Å². The molecule has 0 N–H and O–H groups in total. The highest BCUT2D eigenvalue weighted by atomic mass is 16.3. The van der Waals surface area contributed by atoms with Crippen molar-refractivity contribution in [3.05, 3.63) is 46.6 Å². The van der Waals surface area contributed by atoms with Crippen molar-refractivity contribution in [2.45, 2.75) is 120 Å². The zero-order valence-corrected chi connectivity index (χ0v) is 26.0. The molecular formula is C34H55NO3. The zero-order chi connectivity index (χ0) is 29.0. The minimum atomic E-state index is 0.124. The molecule has 1 aromatic heterocycles. The standard InChI is InChI=1S/C32H49NO3.C2H6/c1-10-14-25(32(12-3,13-4)22(7)8)17-23(9)26(15-11-2)29-20-36-31-27(29)18-24(16-21(5)6)30(33-35)28(31)19-34;1-2/h12,18-23,25-26H,3,10-11,13-17H2,1-2,4-9H3;1-2H3. The SMILES string of the molecule is C=CC(CC)(C(C)C)C(CCC)CC(C)C(CCC)c1coc2c(C=O)c(N=O)c(CC(C)C)cc12.CC. The fourth-order valence-electron chi connectivity index (χ4n) is 6.70. The number of nitrogens with zero attached hydrogens (tertiary/aromatic N) is 1. The Bertz CT molecular complexity index is 1020. The Labute approximate surface area is 233 Å². The van der Waals surface area contributed by atoms with E-state index in [4.69, 9.17) is 4.42 Å². The fourth-order valence-corrected chi connectivity index (χ4v) is 6.70. The van der Waals surface area contributed by atoms with E-state index in [9.17, 15) is 9.70 Å². The highest BCUT2D eigenvalue weighted by Crippen LogP contribution is 2.49. The summed E-state index contributed by atoms with van der Waals surface area (Å²) in [6.45, 7) is 26.4. The van der Waals surface area contributed by atoms with Gasteiger partial charge < -0.3 is 4.42 Å². The van der Waals surface area contributed by atoms with Gasteiger partial charge in [0.1, 0.15) is 11.3 Å². The molecule has 214 valence electrons. The molecular weight excluding hydrogens is 470 g/mol. The van der Waals surface area contributed by atoms with Crippen molar-refractivity contribution in [2.75, 3.05) is 0 Å². The van der Waals surface area contributed by atoms with Crippen molar-refractivity contribution in [3.63, 3.8) is 0 Å². The maximum atomic E-state index is 12.1. The van der Waals surface area contributed by atoms with Gasteiger partial charge >= 0.3 is 0 Å². The van der Waals surface area contributed by atoms with Crippen molar-refractivity contribution in [2.24, 2.45) is 34.3 Å². The van der Waals surface area contributed by atoms with E-state index in [1.165, 1.54) is 6.42 Å². The topological polar surface area (TPSA) is 59.6 Å². The van der Waals surface area contributed by atoms with E-state index >= 15 is 0 Å². The van der Waals surface area contributed by atoms with Gasteiger partial charge in [-0.2, -0.15) is 0 Å². The molecule has 1 heterocycles. The maximum Gasteiger partial charge on any atom is 0.156 e. The van der Waals surface area contributed by atoms with Crippen LogP contribution in [0.4, 0.5) is 5.69 Å². The molecule has 0 saturated heterocycles. The Balaban J connectivity index is 0.00000352. The molecule has 1 aromatic carbocycles. The number of benzene rings is 1. The van der Waals surface area contributed by atoms with Crippen LogP contribution in [-0.4, -0.2) is 6.29 Å². The summed E-state index contributed by atoms with van der Waals surface area (Å²) in [6.07, 6.45) is 12.2. The lowest BCUT2D eigenvalue weighted by molar-refractivity contribution is 0.107. The lowest BCUT2D eigenvalue weighted by Gasteiger charge is -2.43. The Morgan fingerprint density at radius 3 is 2.13 bits per heavy atom. The molecule has 4 unspecified atom stereocenters. The average Bonchev–Trinajstić information content (AvgIpc) is 3.31. The van der Waals surface area contributed by atoms with Crippen LogP contribution in [0, 0.1) is 34.0 Å². The first-order valence-corrected chi connectivity index (χ1v) is 15.1. The lowest BCUT2D eigenvalue weighted by atomic mass is 9.61. The van der Waals surface area contributed by atoms with E-state index in [0.29, 0.717) is 41.6 Å². The summed E-state index contributed by atoms with van der Waals surface area (Å²) in [6, 6.07) is 2.06. The molecule has 2 aromatic rings. The number of furan rings is 1. The van der Waals surface area contributed by atoms with Gasteiger partial charge in [0.15, 0.2) is 6.29 Å². The monoisotopic (exact) mass is 525 g/mol. The van der Waals surface area contributed by atoms with Crippen molar-refractivity contribution in [1.29, 1.82) is 0 Å². The van der Waals surface area contributed by atoms with Gasteiger partial charge in [0.2, 0.25) is 0 Å². The van der Waals surface area contributed by atoms with Gasteiger partial charge in [-0.25, -0.2) is 0 Å². The molecule has 38 heavy (non-hydrogen) atoms. The van der Waals surface area contributed by atoms with Gasteiger partial charge in [-0.05, 0) is 83.9 Å². The minimum Gasteiger partial charge on any atom is -0.463 e. The number of fused-ring (bicyclic) bond motifs is 1. The molecule has 4 atom stereocenters. The average molecular weight is 526 g/mol. The Morgan fingerprint density at radius 2 is 1.68 bits per heavy atom. The minimum absolute atomic E-state index is 0.124. The number of aldehydes is 1. The third-order valence-electron chi connectivity index (χ3n) is 8.63. The third-order valence-corrected chi connectivity index (χ3v) is 8.63. The molecule has 0 aliphatic carbocycles.